The summed E-state index contributed by atoms with van der Waals surface area (Å²) >= 11 is 0. The molecular weight excluding hydrogens is 297 g/mol. The van der Waals surface area contributed by atoms with Gasteiger partial charge in [-0.25, -0.2) is 13.2 Å². The fraction of sp³-hybridized carbons (Fsp3) is 0.800. The second kappa shape index (κ2) is 6.64. The van der Waals surface area contributed by atoms with Crippen LogP contribution in [0.5, 0.6) is 0 Å². The van der Waals surface area contributed by atoms with Crippen molar-refractivity contribution in [1.29, 1.82) is 0 Å². The predicted octanol–water partition coefficient (Wildman–Crippen LogP) is 6.48. The highest BCUT2D eigenvalue weighted by atomic mass is 19.2. The second-order valence-corrected chi connectivity index (χ2v) is 8.27. The second-order valence-electron chi connectivity index (χ2n) is 8.27. The van der Waals surface area contributed by atoms with E-state index in [1.165, 1.54) is 37.8 Å². The molecule has 2 unspecified atom stereocenters. The first-order valence-electron chi connectivity index (χ1n) is 9.30. The van der Waals surface area contributed by atoms with Crippen LogP contribution >= 0.6 is 0 Å². The average molecular weight is 326 g/mol. The Kier molecular flexibility index (Phi) is 4.94. The van der Waals surface area contributed by atoms with E-state index >= 15 is 0 Å². The Bertz CT molecular complexity index is 475. The summed E-state index contributed by atoms with van der Waals surface area (Å²) in [5, 5.41) is 0. The molecule has 0 aromatic heterocycles. The first-order chi connectivity index (χ1) is 10.9. The van der Waals surface area contributed by atoms with E-state index in [-0.39, 0.29) is 5.92 Å². The highest BCUT2D eigenvalue weighted by Gasteiger charge is 2.42. The van der Waals surface area contributed by atoms with Crippen LogP contribution in [0.15, 0.2) is 23.6 Å². The molecule has 3 rings (SSSR count). The third kappa shape index (κ3) is 3.53. The summed E-state index contributed by atoms with van der Waals surface area (Å²) in [6, 6.07) is 0. The molecule has 2 fully saturated rings. The Balaban J connectivity index is 1.57. The molecule has 0 aromatic carbocycles. The number of alkyl halides is 2. The highest BCUT2D eigenvalue weighted by Crippen LogP contribution is 2.45. The van der Waals surface area contributed by atoms with E-state index in [1.807, 2.05) is 0 Å². The van der Waals surface area contributed by atoms with Crippen LogP contribution < -0.4 is 0 Å². The van der Waals surface area contributed by atoms with Crippen molar-refractivity contribution in [3.63, 3.8) is 0 Å². The molecule has 130 valence electrons. The summed E-state index contributed by atoms with van der Waals surface area (Å²) in [7, 11) is 0. The van der Waals surface area contributed by atoms with Crippen molar-refractivity contribution in [3.8, 4) is 0 Å². The minimum atomic E-state index is -2.49. The van der Waals surface area contributed by atoms with E-state index < -0.39 is 17.7 Å². The summed E-state index contributed by atoms with van der Waals surface area (Å²) in [5.41, 5.74) is -1.81. The maximum atomic E-state index is 13.9. The zero-order valence-electron chi connectivity index (χ0n) is 14.3. The number of rotatable bonds is 2. The van der Waals surface area contributed by atoms with Crippen molar-refractivity contribution < 1.29 is 13.2 Å². The minimum absolute atomic E-state index is 0.203. The Morgan fingerprint density at radius 2 is 1.48 bits per heavy atom. The molecule has 0 aromatic rings. The molecule has 23 heavy (non-hydrogen) atoms. The van der Waals surface area contributed by atoms with E-state index in [0.717, 1.165) is 50.4 Å². The summed E-state index contributed by atoms with van der Waals surface area (Å²) in [6.07, 6.45) is 10.4. The van der Waals surface area contributed by atoms with Gasteiger partial charge in [0.1, 0.15) is 5.83 Å². The molecular formula is C20H29F3. The number of halogens is 3. The van der Waals surface area contributed by atoms with E-state index in [0.29, 0.717) is 5.57 Å². The molecule has 0 spiro atoms. The van der Waals surface area contributed by atoms with Crippen LogP contribution in [0.1, 0.15) is 65.2 Å². The topological polar surface area (TPSA) is 0 Å². The van der Waals surface area contributed by atoms with Crippen LogP contribution in [-0.4, -0.2) is 11.8 Å². The monoisotopic (exact) mass is 326 g/mol. The quantitative estimate of drug-likeness (QED) is 0.545. The van der Waals surface area contributed by atoms with Crippen molar-refractivity contribution in [3.05, 3.63) is 23.6 Å². The van der Waals surface area contributed by atoms with Gasteiger partial charge in [0.05, 0.1) is 0 Å². The third-order valence-electron chi connectivity index (χ3n) is 6.59. The summed E-state index contributed by atoms with van der Waals surface area (Å²) in [6.45, 7) is 3.33. The van der Waals surface area contributed by atoms with Crippen LogP contribution in [0, 0.1) is 23.7 Å². The summed E-state index contributed by atoms with van der Waals surface area (Å²) < 4.78 is 41.6. The average Bonchev–Trinajstić information content (AvgIpc) is 2.53. The molecule has 2 atom stereocenters. The summed E-state index contributed by atoms with van der Waals surface area (Å²) in [5.74, 6) is 1.76. The lowest BCUT2D eigenvalue weighted by Gasteiger charge is -2.38. The lowest BCUT2D eigenvalue weighted by atomic mass is 9.68. The number of hydrogen-bond acceptors (Lipinski definition) is 0. The van der Waals surface area contributed by atoms with Crippen LogP contribution in [-0.2, 0) is 0 Å². The highest BCUT2D eigenvalue weighted by molar-refractivity contribution is 5.36. The van der Waals surface area contributed by atoms with E-state index in [9.17, 15) is 13.2 Å². The molecule has 0 radical (unpaired) electrons. The molecule has 3 heteroatoms. The third-order valence-corrected chi connectivity index (χ3v) is 6.59. The van der Waals surface area contributed by atoms with Gasteiger partial charge in [-0.1, -0.05) is 19.8 Å². The molecule has 3 aliphatic rings. The van der Waals surface area contributed by atoms with Crippen LogP contribution in [0.3, 0.4) is 0 Å². The van der Waals surface area contributed by atoms with Gasteiger partial charge in [-0.05, 0) is 86.8 Å². The molecule has 0 bridgehead atoms. The van der Waals surface area contributed by atoms with Gasteiger partial charge in [0, 0.05) is 0 Å². The number of hydrogen-bond donors (Lipinski definition) is 0. The first-order valence-corrected chi connectivity index (χ1v) is 9.30. The lowest BCUT2D eigenvalue weighted by Crippen LogP contribution is -2.34. The van der Waals surface area contributed by atoms with Crippen molar-refractivity contribution in [2.75, 3.05) is 0 Å². The van der Waals surface area contributed by atoms with Crippen LogP contribution in [0.2, 0.25) is 0 Å². The zero-order valence-corrected chi connectivity index (χ0v) is 14.3. The Labute approximate surface area is 138 Å². The largest absolute Gasteiger partial charge is 0.239 e. The Morgan fingerprint density at radius 3 is 2.00 bits per heavy atom. The fourth-order valence-corrected chi connectivity index (χ4v) is 4.73. The van der Waals surface area contributed by atoms with Gasteiger partial charge >= 0.3 is 0 Å². The van der Waals surface area contributed by atoms with Crippen LogP contribution in [0.25, 0.3) is 0 Å². The molecule has 0 aliphatic heterocycles. The van der Waals surface area contributed by atoms with Crippen molar-refractivity contribution >= 4 is 0 Å². The molecule has 0 nitrogen and oxygen atoms in total. The SMILES string of the molecule is CC1CCC(C2CCC(C3=CC(F)C(C)(F)C(F)=C3)CC2)CC1. The summed E-state index contributed by atoms with van der Waals surface area (Å²) in [4.78, 5) is 0. The normalized spacial score (nSPS) is 45.3. The fourth-order valence-electron chi connectivity index (χ4n) is 4.73. The lowest BCUT2D eigenvalue weighted by molar-refractivity contribution is 0.103. The van der Waals surface area contributed by atoms with E-state index in [1.54, 1.807) is 0 Å². The standard InChI is InChI=1S/C20H29F3/c1-13-3-5-14(6-4-13)15-7-9-16(10-8-15)17-11-18(21)20(2,23)19(22)12-17/h11-16,18H,3-10H2,1-2H3. The zero-order chi connectivity index (χ0) is 16.6. The van der Waals surface area contributed by atoms with Gasteiger partial charge in [-0.2, -0.15) is 0 Å². The molecule has 0 amide bonds. The van der Waals surface area contributed by atoms with E-state index in [2.05, 4.69) is 6.92 Å². The van der Waals surface area contributed by atoms with Crippen molar-refractivity contribution in [2.24, 2.45) is 23.7 Å². The smallest absolute Gasteiger partial charge is 0.193 e. The Morgan fingerprint density at radius 1 is 0.957 bits per heavy atom. The maximum Gasteiger partial charge on any atom is 0.193 e. The van der Waals surface area contributed by atoms with E-state index in [4.69, 9.17) is 0 Å². The van der Waals surface area contributed by atoms with Gasteiger partial charge in [-0.3, -0.25) is 0 Å². The van der Waals surface area contributed by atoms with Gasteiger partial charge in [0.25, 0.3) is 0 Å². The van der Waals surface area contributed by atoms with Gasteiger partial charge in [0.15, 0.2) is 11.8 Å². The first kappa shape index (κ1) is 17.1. The minimum Gasteiger partial charge on any atom is -0.239 e. The van der Waals surface area contributed by atoms with Crippen LogP contribution in [0.4, 0.5) is 13.2 Å². The van der Waals surface area contributed by atoms with Gasteiger partial charge in [-0.15, -0.1) is 0 Å². The van der Waals surface area contributed by atoms with Gasteiger partial charge in [0.2, 0.25) is 0 Å². The number of allylic oxidation sites excluding steroid dienone is 4. The molecule has 0 N–H and O–H groups in total. The van der Waals surface area contributed by atoms with Gasteiger partial charge < -0.3 is 0 Å². The Hall–Kier alpha value is -0.730. The van der Waals surface area contributed by atoms with Crippen molar-refractivity contribution in [1.82, 2.24) is 0 Å². The molecule has 0 saturated heterocycles. The molecule has 3 aliphatic carbocycles. The maximum absolute atomic E-state index is 13.9. The predicted molar refractivity (Wildman–Crippen MR) is 88.3 cm³/mol. The molecule has 0 heterocycles. The molecule has 2 saturated carbocycles. The van der Waals surface area contributed by atoms with Crippen molar-refractivity contribution in [2.45, 2.75) is 77.1 Å².